The Morgan fingerprint density at radius 2 is 1.91 bits per heavy atom. The molecule has 3 aromatic rings. The van der Waals surface area contributed by atoms with Gasteiger partial charge in [-0.2, -0.15) is 0 Å². The number of ether oxygens (including phenoxy) is 1. The van der Waals surface area contributed by atoms with Crippen molar-refractivity contribution in [2.24, 2.45) is 5.92 Å². The molecule has 0 unspecified atom stereocenters. The third-order valence-electron chi connectivity index (χ3n) is 5.75. The lowest BCUT2D eigenvalue weighted by Crippen LogP contribution is -2.50. The zero-order chi connectivity index (χ0) is 22.8. The van der Waals surface area contributed by atoms with Gasteiger partial charge < -0.3 is 9.30 Å². The maximum Gasteiger partial charge on any atom is 0.321 e. The summed E-state index contributed by atoms with van der Waals surface area (Å²) in [4.78, 5) is 33.3. The Hall–Kier alpha value is -2.57. The number of amides is 1. The fourth-order valence-electron chi connectivity index (χ4n) is 4.30. The average Bonchev–Trinajstić information content (AvgIpc) is 3.14. The summed E-state index contributed by atoms with van der Waals surface area (Å²) in [5.41, 5.74) is 2.19. The van der Waals surface area contributed by atoms with Crippen molar-refractivity contribution in [2.75, 3.05) is 18.1 Å². The van der Waals surface area contributed by atoms with Crippen molar-refractivity contribution in [1.82, 2.24) is 9.55 Å². The van der Waals surface area contributed by atoms with Crippen molar-refractivity contribution in [3.8, 4) is 0 Å². The number of carbonyl (C=O) groups is 2. The first kappa shape index (κ1) is 22.6. The quantitative estimate of drug-likeness (QED) is 0.252. The van der Waals surface area contributed by atoms with Gasteiger partial charge in [0, 0.05) is 16.6 Å². The number of para-hydroxylation sites is 2. The van der Waals surface area contributed by atoms with Gasteiger partial charge in [-0.3, -0.25) is 14.5 Å². The van der Waals surface area contributed by atoms with Gasteiger partial charge in [0.25, 0.3) is 0 Å². The number of carbonyl (C=O) groups excluding carboxylic acids is 2. The minimum atomic E-state index is -1.08. The molecule has 6 nitrogen and oxygen atoms in total. The third-order valence-corrected chi connectivity index (χ3v) is 6.31. The van der Waals surface area contributed by atoms with Gasteiger partial charge >= 0.3 is 5.97 Å². The molecule has 0 N–H and O–H groups in total. The van der Waals surface area contributed by atoms with Crippen LogP contribution in [0.1, 0.15) is 44.7 Å². The highest BCUT2D eigenvalue weighted by Crippen LogP contribution is 2.43. The van der Waals surface area contributed by atoms with Gasteiger partial charge in [0.2, 0.25) is 11.9 Å². The maximum atomic E-state index is 13.7. The number of aromatic nitrogens is 2. The van der Waals surface area contributed by atoms with Crippen molar-refractivity contribution >= 4 is 52.1 Å². The van der Waals surface area contributed by atoms with Gasteiger partial charge in [0.15, 0.2) is 5.92 Å². The molecule has 1 aliphatic heterocycles. The molecule has 0 radical (unpaired) electrons. The highest BCUT2D eigenvalue weighted by molar-refractivity contribution is 6.35. The van der Waals surface area contributed by atoms with Crippen LogP contribution in [-0.4, -0.2) is 34.6 Å². The SMILES string of the molecule is CCCCCN1C(=O)[C@@H](C(=O)OCC)[C@H](c2ccc(Cl)cc2Cl)n2c1nc1ccccc12. The Kier molecular flexibility index (Phi) is 6.72. The minimum Gasteiger partial charge on any atom is -0.465 e. The number of unbranched alkanes of at least 4 members (excludes halogenated alkanes) is 2. The molecule has 0 bridgehead atoms. The molecule has 1 aromatic heterocycles. The molecular weight excluding hydrogens is 449 g/mol. The van der Waals surface area contributed by atoms with Crippen LogP contribution in [0, 0.1) is 5.92 Å². The number of hydrogen-bond acceptors (Lipinski definition) is 4. The molecule has 0 saturated carbocycles. The second-order valence-electron chi connectivity index (χ2n) is 7.81. The van der Waals surface area contributed by atoms with E-state index in [9.17, 15) is 9.59 Å². The van der Waals surface area contributed by atoms with E-state index in [0.29, 0.717) is 28.1 Å². The molecular formula is C24H25Cl2N3O3. The fraction of sp³-hybridized carbons (Fsp3) is 0.375. The monoisotopic (exact) mass is 473 g/mol. The Bertz CT molecular complexity index is 1160. The number of rotatable bonds is 7. The van der Waals surface area contributed by atoms with Gasteiger partial charge in [-0.05, 0) is 43.2 Å². The number of hydrogen-bond donors (Lipinski definition) is 0. The predicted octanol–water partition coefficient (Wildman–Crippen LogP) is 5.65. The van der Waals surface area contributed by atoms with Crippen molar-refractivity contribution in [3.63, 3.8) is 0 Å². The summed E-state index contributed by atoms with van der Waals surface area (Å²) in [6.07, 6.45) is 2.80. The maximum absolute atomic E-state index is 13.7. The van der Waals surface area contributed by atoms with Crippen LogP contribution in [0.4, 0.5) is 5.95 Å². The summed E-state index contributed by atoms with van der Waals surface area (Å²) in [5.74, 6) is -1.46. The number of benzene rings is 2. The van der Waals surface area contributed by atoms with Crippen LogP contribution in [0.25, 0.3) is 11.0 Å². The lowest BCUT2D eigenvalue weighted by atomic mass is 9.89. The van der Waals surface area contributed by atoms with E-state index in [1.165, 1.54) is 0 Å². The second-order valence-corrected chi connectivity index (χ2v) is 8.65. The number of nitrogens with zero attached hydrogens (tertiary/aromatic N) is 3. The molecule has 1 aliphatic rings. The predicted molar refractivity (Wildman–Crippen MR) is 126 cm³/mol. The zero-order valence-corrected chi connectivity index (χ0v) is 19.6. The molecule has 0 spiro atoms. The second kappa shape index (κ2) is 9.51. The van der Waals surface area contributed by atoms with Gasteiger partial charge in [0.05, 0.1) is 23.7 Å². The molecule has 1 amide bonds. The van der Waals surface area contributed by atoms with Gasteiger partial charge in [-0.1, -0.05) is 61.2 Å². The third kappa shape index (κ3) is 3.97. The van der Waals surface area contributed by atoms with E-state index in [1.54, 1.807) is 30.0 Å². The first-order valence-electron chi connectivity index (χ1n) is 10.9. The first-order chi connectivity index (χ1) is 15.5. The lowest BCUT2D eigenvalue weighted by molar-refractivity contribution is -0.153. The highest BCUT2D eigenvalue weighted by Gasteiger charge is 2.48. The van der Waals surface area contributed by atoms with Gasteiger partial charge in [-0.15, -0.1) is 0 Å². The molecule has 8 heteroatoms. The van der Waals surface area contributed by atoms with Gasteiger partial charge in [-0.25, -0.2) is 4.98 Å². The molecule has 0 aliphatic carbocycles. The van der Waals surface area contributed by atoms with Crippen LogP contribution < -0.4 is 4.90 Å². The number of halogens is 2. The van der Waals surface area contributed by atoms with E-state index in [2.05, 4.69) is 6.92 Å². The summed E-state index contributed by atoms with van der Waals surface area (Å²) in [7, 11) is 0. The number of esters is 1. The molecule has 0 saturated heterocycles. The number of anilines is 1. The van der Waals surface area contributed by atoms with Crippen LogP contribution in [0.2, 0.25) is 10.0 Å². The largest absolute Gasteiger partial charge is 0.465 e. The Morgan fingerprint density at radius 1 is 1.12 bits per heavy atom. The molecule has 0 fully saturated rings. The minimum absolute atomic E-state index is 0.178. The summed E-state index contributed by atoms with van der Waals surface area (Å²) < 4.78 is 7.30. The highest BCUT2D eigenvalue weighted by atomic mass is 35.5. The Morgan fingerprint density at radius 3 is 2.62 bits per heavy atom. The standard InChI is InChI=1S/C24H25Cl2N3O3/c1-3-5-8-13-28-22(30)20(23(31)32-4-2)21(16-12-11-15(25)14-17(16)26)29-19-10-7-6-9-18(19)27-24(28)29/h6-7,9-12,14,20-21H,3-5,8,13H2,1-2H3/t20-,21-/m0/s1. The van der Waals surface area contributed by atoms with Gasteiger partial charge in [0.1, 0.15) is 0 Å². The normalized spacial score (nSPS) is 18.1. The van der Waals surface area contributed by atoms with Crippen LogP contribution in [0.15, 0.2) is 42.5 Å². The van der Waals surface area contributed by atoms with E-state index < -0.39 is 17.9 Å². The van der Waals surface area contributed by atoms with Crippen molar-refractivity contribution in [3.05, 3.63) is 58.1 Å². The molecule has 2 atom stereocenters. The molecule has 32 heavy (non-hydrogen) atoms. The molecule has 4 rings (SSSR count). The number of imidazole rings is 1. The van der Waals surface area contributed by atoms with E-state index in [-0.39, 0.29) is 12.5 Å². The van der Waals surface area contributed by atoms with Crippen molar-refractivity contribution in [1.29, 1.82) is 0 Å². The van der Waals surface area contributed by atoms with Crippen LogP contribution >= 0.6 is 23.2 Å². The van der Waals surface area contributed by atoms with E-state index >= 15 is 0 Å². The zero-order valence-electron chi connectivity index (χ0n) is 18.1. The van der Waals surface area contributed by atoms with E-state index in [4.69, 9.17) is 32.9 Å². The van der Waals surface area contributed by atoms with Crippen molar-refractivity contribution < 1.29 is 14.3 Å². The summed E-state index contributed by atoms with van der Waals surface area (Å²) in [6, 6.07) is 12.0. The summed E-state index contributed by atoms with van der Waals surface area (Å²) in [5, 5.41) is 0.859. The lowest BCUT2D eigenvalue weighted by Gasteiger charge is -2.38. The molecule has 2 aromatic carbocycles. The Balaban J connectivity index is 1.97. The van der Waals surface area contributed by atoms with Crippen LogP contribution in [0.5, 0.6) is 0 Å². The van der Waals surface area contributed by atoms with E-state index in [1.807, 2.05) is 28.8 Å². The number of fused-ring (bicyclic) bond motifs is 3. The van der Waals surface area contributed by atoms with Crippen molar-refractivity contribution in [2.45, 2.75) is 39.2 Å². The average molecular weight is 474 g/mol. The summed E-state index contributed by atoms with van der Waals surface area (Å²) >= 11 is 12.7. The molecule has 2 heterocycles. The summed E-state index contributed by atoms with van der Waals surface area (Å²) in [6.45, 7) is 4.49. The molecule has 168 valence electrons. The Labute approximate surface area is 197 Å². The first-order valence-corrected chi connectivity index (χ1v) is 11.6. The van der Waals surface area contributed by atoms with Crippen LogP contribution in [0.3, 0.4) is 0 Å². The van der Waals surface area contributed by atoms with E-state index in [0.717, 1.165) is 30.3 Å². The van der Waals surface area contributed by atoms with Crippen LogP contribution in [-0.2, 0) is 14.3 Å². The fourth-order valence-corrected chi connectivity index (χ4v) is 4.82. The topological polar surface area (TPSA) is 64.4 Å². The smallest absolute Gasteiger partial charge is 0.321 e.